The molecule has 1 aliphatic heterocycles. The van der Waals surface area contributed by atoms with Gasteiger partial charge in [-0.1, -0.05) is 108 Å². The van der Waals surface area contributed by atoms with Crippen molar-refractivity contribution in [2.45, 2.75) is 80.7 Å². The van der Waals surface area contributed by atoms with Gasteiger partial charge in [-0.15, -0.1) is 0 Å². The summed E-state index contributed by atoms with van der Waals surface area (Å²) in [5.74, 6) is -9.18. The van der Waals surface area contributed by atoms with Gasteiger partial charge in [0.25, 0.3) is 0 Å². The minimum atomic E-state index is -5.78. The molecule has 150 heavy (non-hydrogen) atoms. The van der Waals surface area contributed by atoms with Gasteiger partial charge in [0.1, 0.15) is 90.6 Å². The summed E-state index contributed by atoms with van der Waals surface area (Å²) in [6.45, 7) is -13.9. The molecule has 14 nitrogen and oxygen atoms in total. The first-order valence-corrected chi connectivity index (χ1v) is 43.0. The molecule has 0 unspecified atom stereocenters. The number of rotatable bonds is 30. The summed E-state index contributed by atoms with van der Waals surface area (Å²) in [7, 11) is 0. The second-order valence-electron chi connectivity index (χ2n) is 34.0. The first-order chi connectivity index (χ1) is 69.7. The van der Waals surface area contributed by atoms with E-state index in [0.29, 0.717) is 27.5 Å². The smallest absolute Gasteiger partial charge is 0.416 e. The van der Waals surface area contributed by atoms with Crippen LogP contribution in [0.2, 0.25) is 0 Å². The quantitative estimate of drug-likeness (QED) is 0.0435. The second-order valence-corrected chi connectivity index (χ2v) is 34.0. The van der Waals surface area contributed by atoms with Crippen molar-refractivity contribution in [3.63, 3.8) is 0 Å². The fourth-order valence-electron chi connectivity index (χ4n) is 15.8. The Labute approximate surface area is 821 Å². The zero-order chi connectivity index (χ0) is 109. The van der Waals surface area contributed by atoms with Gasteiger partial charge >= 0.3 is 74.1 Å². The highest BCUT2D eigenvalue weighted by Gasteiger charge is 2.49. The lowest BCUT2D eigenvalue weighted by atomic mass is 9.90. The van der Waals surface area contributed by atoms with Gasteiger partial charge in [0.15, 0.2) is 0 Å². The number of hydrogen-bond donors (Lipinski definition) is 1. The highest BCUT2D eigenvalue weighted by molar-refractivity contribution is 6.15. The number of quaternary nitrogens is 1. The first-order valence-electron chi connectivity index (χ1n) is 43.0. The van der Waals surface area contributed by atoms with Gasteiger partial charge in [-0.25, -0.2) is 0 Å². The molecule has 1 aliphatic rings. The Morgan fingerprint density at radius 2 is 0.393 bits per heavy atom. The molecule has 0 atom stereocenters. The van der Waals surface area contributed by atoms with Gasteiger partial charge < -0.3 is 54.2 Å². The molecule has 0 aliphatic carbocycles. The van der Waals surface area contributed by atoms with Crippen LogP contribution >= 0.6 is 0 Å². The van der Waals surface area contributed by atoms with E-state index in [4.69, 9.17) is 49.5 Å². The Morgan fingerprint density at radius 3 is 0.573 bits per heavy atom. The third kappa shape index (κ3) is 25.8. The molecule has 0 saturated heterocycles. The number of para-hydroxylation sites is 4. The van der Waals surface area contributed by atoms with Crippen LogP contribution in [-0.4, -0.2) is 61.2 Å². The average molecular weight is 2160 g/mol. The Morgan fingerprint density at radius 1 is 0.220 bits per heavy atom. The summed E-state index contributed by atoms with van der Waals surface area (Å²) in [6.07, 6.45) is -69.4. The minimum absolute atomic E-state index is 0.113. The number of alkyl halides is 36. The predicted molar refractivity (Wildman–Crippen MR) is 466 cm³/mol. The third-order valence-corrected chi connectivity index (χ3v) is 22.8. The Hall–Kier alpha value is -15.3. The molecule has 15 rings (SSSR count). The molecule has 1 aromatic heterocycles. The number of hydrogen-bond acceptors (Lipinski definition) is 10. The zero-order valence-electron chi connectivity index (χ0n) is 74.9. The molecule has 13 aromatic carbocycles. The number of anilines is 6. The largest absolute Gasteiger partial charge is 0.494 e. The number of fused-ring (bicyclic) bond motifs is 2. The van der Waals surface area contributed by atoms with Gasteiger partial charge in [-0.2, -0.15) is 173 Å². The molecule has 0 amide bonds. The highest BCUT2D eigenvalue weighted by Crippen LogP contribution is 2.57. The van der Waals surface area contributed by atoms with Crippen LogP contribution in [0.5, 0.6) is 34.5 Å². The molecular weight excluding hydrogens is 2090 g/mol. The lowest BCUT2D eigenvalue weighted by Crippen LogP contribution is -3.04. The van der Waals surface area contributed by atoms with Crippen molar-refractivity contribution in [2.24, 2.45) is 10.8 Å². The van der Waals surface area contributed by atoms with Gasteiger partial charge in [0.2, 0.25) is 0 Å². The summed E-state index contributed by atoms with van der Waals surface area (Å²) in [5, 5.41) is 8.59. The summed E-state index contributed by atoms with van der Waals surface area (Å²) in [4.78, 5) is 3.69. The second kappa shape index (κ2) is 40.6. The van der Waals surface area contributed by atoms with Gasteiger partial charge in [-0.3, -0.25) is 0 Å². The van der Waals surface area contributed by atoms with E-state index in [-0.39, 0.29) is 95.3 Å². The summed E-state index contributed by atoms with van der Waals surface area (Å²) in [5.41, 5.74) is -24.9. The van der Waals surface area contributed by atoms with Gasteiger partial charge in [0, 0.05) is 34.1 Å². The first kappa shape index (κ1) is 109. The van der Waals surface area contributed by atoms with Crippen molar-refractivity contribution in [2.75, 3.05) is 56.0 Å². The number of ether oxygens (including phenoxy) is 6. The van der Waals surface area contributed by atoms with Crippen molar-refractivity contribution >= 4 is 56.5 Å². The van der Waals surface area contributed by atoms with Crippen LogP contribution in [0, 0.1) is 10.8 Å². The standard InChI is InChI=1S/C100H63F36N8O6/c101-89(102,103)57-29-58(90(104,105)106)36-75(35-57)145-49-87(50-146-76-37-59(91(107,108)109)30-60(38-76)92(110,111)112,51-147-77-39-61(93(113,114)115)31-62(40-77)94(116,117)118)47-141-137-83-81(55-21-25-73(26-22-55)143(69-13-5-1-6-14-69)70-15-7-2-8-16-70)84-86(82(85(83)139-141)56-23-27-74(28-24-56)144(71-17-9-3-10-18-71)72-19-11-4-12-20-72)140-142(138-84)48-88(52-148-78-41-63(95(119,120)121)32-64(42-78)96(122,123)124,53-149-79-43-65(97(125,126)127)33-66(44-79)98(128,129)130)54-150-80-45-67(99(131,132)133)34-68(46-80)100(134,135)136/h1-46,141H,47-54H2/q-1. The minimum Gasteiger partial charge on any atom is -0.494 e. The molecule has 0 saturated carbocycles. The Balaban J connectivity index is 1.02. The van der Waals surface area contributed by atoms with E-state index >= 15 is 0 Å². The summed E-state index contributed by atoms with van der Waals surface area (Å²) >= 11 is 0. The maximum Gasteiger partial charge on any atom is 0.416 e. The Bertz CT molecular complexity index is 6320. The topological polar surface area (TPSA) is 125 Å². The maximum absolute atomic E-state index is 14.9. The van der Waals surface area contributed by atoms with Crippen LogP contribution < -0.4 is 43.3 Å². The van der Waals surface area contributed by atoms with Crippen LogP contribution in [-0.2, 0) is 80.7 Å². The van der Waals surface area contributed by atoms with E-state index in [2.05, 4.69) is 0 Å². The van der Waals surface area contributed by atoms with Gasteiger partial charge in [-0.05, 0) is 204 Å². The fraction of sp³-hybridized carbons (Fsp3) is 0.220. The highest BCUT2D eigenvalue weighted by atomic mass is 19.5. The molecule has 0 fully saturated rings. The number of aromatic nitrogens is 3. The number of nitrogens with zero attached hydrogens (tertiary/aromatic N) is 7. The van der Waals surface area contributed by atoms with E-state index in [1.165, 1.54) is 48.5 Å². The van der Waals surface area contributed by atoms with E-state index in [1.54, 1.807) is 131 Å². The molecule has 50 heteroatoms. The van der Waals surface area contributed by atoms with E-state index in [0.717, 1.165) is 0 Å². The van der Waals surface area contributed by atoms with Crippen LogP contribution in [0.3, 0.4) is 0 Å². The fourth-order valence-corrected chi connectivity index (χ4v) is 15.8. The van der Waals surface area contributed by atoms with Crippen LogP contribution in [0.15, 0.2) is 279 Å². The lowest BCUT2D eigenvalue weighted by molar-refractivity contribution is -0.819. The van der Waals surface area contributed by atoms with Crippen molar-refractivity contribution in [3.8, 4) is 56.8 Å². The van der Waals surface area contributed by atoms with Crippen molar-refractivity contribution in [1.82, 2.24) is 15.0 Å². The average Bonchev–Trinajstić information content (AvgIpc) is 1.56. The molecule has 792 valence electrons. The maximum atomic E-state index is 14.9. The SMILES string of the molecule is FC(F)(F)c1cc(OCC(COc2cc(C(F)(F)F)cc(C(F)(F)F)c2)(COc2cc(C(F)(F)F)cc(C(F)(F)F)c2)Cn2nc3c(-c4ccc(N(c5ccccc5)c5ccccc5)cc4)c4c(c(-c5ccc(N(c6ccccc6)c6ccccc6)cc5)c3n2)[N-][NH+](CC(COc2cc(C(F)(F)F)cc(C(F)(F)F)c2)(COc2cc(C(F)(F)F)cc(C(F)(F)F)c2)COc2cc(C(F)(F)F)cc(C(F)(F)F)c2)[N-]4)cc(C(F)(F)F)c1. The predicted octanol–water partition coefficient (Wildman–Crippen LogP) is 32.1. The molecular formula is C100H63F36N8O6-. The van der Waals surface area contributed by atoms with Gasteiger partial charge in [0.05, 0.1) is 85.3 Å². The zero-order valence-corrected chi connectivity index (χ0v) is 74.9. The molecule has 1 N–H and O–H groups in total. The number of nitrogens with one attached hydrogen (secondary N) is 1. The Kier molecular flexibility index (Phi) is 29.5. The molecule has 0 radical (unpaired) electrons. The summed E-state index contributed by atoms with van der Waals surface area (Å²) < 4.78 is 570. The molecule has 0 bridgehead atoms. The number of halogens is 36. The van der Waals surface area contributed by atoms with Crippen molar-refractivity contribution < 1.29 is 192 Å². The molecule has 0 spiro atoms. The van der Waals surface area contributed by atoms with E-state index < -0.39 is 314 Å². The summed E-state index contributed by atoms with van der Waals surface area (Å²) in [6, 6.07) is 38.8. The number of benzene rings is 13. The van der Waals surface area contributed by atoms with Crippen LogP contribution in [0.25, 0.3) is 44.1 Å². The van der Waals surface area contributed by atoms with Crippen molar-refractivity contribution in [3.05, 3.63) is 357 Å². The normalized spacial score (nSPS) is 13.5. The lowest BCUT2D eigenvalue weighted by Gasteiger charge is -2.42. The van der Waals surface area contributed by atoms with Crippen LogP contribution in [0.4, 0.5) is 204 Å². The third-order valence-electron chi connectivity index (χ3n) is 22.8. The van der Waals surface area contributed by atoms with Crippen LogP contribution in [0.1, 0.15) is 66.8 Å². The van der Waals surface area contributed by atoms with E-state index in [1.807, 2.05) is 0 Å². The van der Waals surface area contributed by atoms with E-state index in [9.17, 15) is 158 Å². The molecule has 2 heterocycles. The molecule has 14 aromatic rings. The van der Waals surface area contributed by atoms with Crippen molar-refractivity contribution in [1.29, 1.82) is 0 Å². The monoisotopic (exact) mass is 2160 g/mol.